The summed E-state index contributed by atoms with van der Waals surface area (Å²) in [7, 11) is 0. The van der Waals surface area contributed by atoms with Gasteiger partial charge < -0.3 is 10.1 Å². The lowest BCUT2D eigenvalue weighted by atomic mass is 10.2. The van der Waals surface area contributed by atoms with E-state index in [0.717, 1.165) is 0 Å². The second-order valence-corrected chi connectivity index (χ2v) is 3.96. The van der Waals surface area contributed by atoms with Crippen molar-refractivity contribution in [2.24, 2.45) is 0 Å². The topological polar surface area (TPSA) is 55.4 Å². The van der Waals surface area contributed by atoms with E-state index >= 15 is 0 Å². The summed E-state index contributed by atoms with van der Waals surface area (Å²) in [6.07, 6.45) is 3.09. The normalized spacial score (nSPS) is 13.7. The molecule has 0 aliphatic rings. The number of hydrogen-bond acceptors (Lipinski definition) is 3. The van der Waals surface area contributed by atoms with Crippen molar-refractivity contribution in [2.45, 2.75) is 39.3 Å². The maximum absolute atomic E-state index is 11.2. The summed E-state index contributed by atoms with van der Waals surface area (Å²) in [6, 6.07) is -0.213. The maximum Gasteiger partial charge on any atom is 0.408 e. The van der Waals surface area contributed by atoms with Gasteiger partial charge in [0.15, 0.2) is 0 Å². The third-order valence-electron chi connectivity index (χ3n) is 1.22. The molecule has 1 N–H and O–H groups in total. The molecule has 0 radical (unpaired) electrons. The van der Waals surface area contributed by atoms with Crippen LogP contribution in [0.3, 0.4) is 0 Å². The van der Waals surface area contributed by atoms with E-state index in [1.54, 1.807) is 33.8 Å². The number of aldehydes is 1. The maximum atomic E-state index is 11.2. The highest BCUT2D eigenvalue weighted by Gasteiger charge is 2.16. The molecular formula is C10H17NO3. The van der Waals surface area contributed by atoms with E-state index in [4.69, 9.17) is 4.74 Å². The minimum Gasteiger partial charge on any atom is -0.444 e. The molecule has 0 aromatic heterocycles. The zero-order valence-electron chi connectivity index (χ0n) is 9.03. The van der Waals surface area contributed by atoms with Gasteiger partial charge in [-0.15, -0.1) is 0 Å². The zero-order valence-corrected chi connectivity index (χ0v) is 9.03. The number of hydrogen-bond donors (Lipinski definition) is 1. The number of amides is 1. The Morgan fingerprint density at radius 2 is 2.00 bits per heavy atom. The fraction of sp³-hybridized carbons (Fsp3) is 0.600. The lowest BCUT2D eigenvalue weighted by molar-refractivity contribution is -0.104. The van der Waals surface area contributed by atoms with Crippen LogP contribution in [0, 0.1) is 0 Å². The van der Waals surface area contributed by atoms with Gasteiger partial charge in [-0.3, -0.25) is 4.79 Å². The van der Waals surface area contributed by atoms with E-state index in [0.29, 0.717) is 6.29 Å². The van der Waals surface area contributed by atoms with Crippen molar-refractivity contribution in [3.8, 4) is 0 Å². The van der Waals surface area contributed by atoms with Crippen molar-refractivity contribution in [3.05, 3.63) is 12.2 Å². The SMILES string of the molecule is CC(/C=C/C=O)NC(=O)OC(C)(C)C. The van der Waals surface area contributed by atoms with E-state index in [2.05, 4.69) is 5.32 Å². The van der Waals surface area contributed by atoms with E-state index in [9.17, 15) is 9.59 Å². The molecule has 1 unspecified atom stereocenters. The highest BCUT2D eigenvalue weighted by atomic mass is 16.6. The second-order valence-electron chi connectivity index (χ2n) is 3.96. The van der Waals surface area contributed by atoms with Crippen LogP contribution in [-0.4, -0.2) is 24.0 Å². The highest BCUT2D eigenvalue weighted by Crippen LogP contribution is 2.06. The molecule has 0 fully saturated rings. The Morgan fingerprint density at radius 1 is 1.43 bits per heavy atom. The molecule has 0 spiro atoms. The van der Waals surface area contributed by atoms with E-state index in [1.165, 1.54) is 6.08 Å². The first-order chi connectivity index (χ1) is 6.35. The van der Waals surface area contributed by atoms with Gasteiger partial charge >= 0.3 is 6.09 Å². The van der Waals surface area contributed by atoms with Gasteiger partial charge in [-0.1, -0.05) is 6.08 Å². The molecule has 80 valence electrons. The molecule has 0 aromatic carbocycles. The molecule has 14 heavy (non-hydrogen) atoms. The Balaban J connectivity index is 3.94. The highest BCUT2D eigenvalue weighted by molar-refractivity contribution is 5.69. The molecule has 0 rings (SSSR count). The summed E-state index contributed by atoms with van der Waals surface area (Å²) in [5, 5.41) is 2.56. The Bertz CT molecular complexity index is 228. The average molecular weight is 199 g/mol. The summed E-state index contributed by atoms with van der Waals surface area (Å²) in [4.78, 5) is 21.2. The quantitative estimate of drug-likeness (QED) is 0.555. The molecule has 0 aliphatic heterocycles. The van der Waals surface area contributed by atoms with Gasteiger partial charge in [0.25, 0.3) is 0 Å². The van der Waals surface area contributed by atoms with Crippen molar-refractivity contribution in [1.29, 1.82) is 0 Å². The average Bonchev–Trinajstić information content (AvgIpc) is 1.96. The van der Waals surface area contributed by atoms with Crippen LogP contribution >= 0.6 is 0 Å². The van der Waals surface area contributed by atoms with Gasteiger partial charge in [0, 0.05) is 6.04 Å². The third-order valence-corrected chi connectivity index (χ3v) is 1.22. The number of allylic oxidation sites excluding steroid dienone is 1. The fourth-order valence-corrected chi connectivity index (χ4v) is 0.754. The van der Waals surface area contributed by atoms with Gasteiger partial charge in [-0.05, 0) is 33.8 Å². The molecule has 0 aliphatic carbocycles. The number of alkyl carbamates (subject to hydrolysis) is 1. The summed E-state index contributed by atoms with van der Waals surface area (Å²) in [6.45, 7) is 7.12. The number of carbonyl (C=O) groups excluding carboxylic acids is 2. The number of nitrogens with one attached hydrogen (secondary N) is 1. The Kier molecular flexibility index (Phi) is 4.91. The third kappa shape index (κ3) is 7.34. The molecular weight excluding hydrogens is 182 g/mol. The van der Waals surface area contributed by atoms with Crippen molar-refractivity contribution in [1.82, 2.24) is 5.32 Å². The van der Waals surface area contributed by atoms with Crippen molar-refractivity contribution in [2.75, 3.05) is 0 Å². The molecule has 1 atom stereocenters. The summed E-state index contributed by atoms with van der Waals surface area (Å²) >= 11 is 0. The van der Waals surface area contributed by atoms with Crippen molar-refractivity contribution in [3.63, 3.8) is 0 Å². The number of rotatable bonds is 3. The van der Waals surface area contributed by atoms with Gasteiger partial charge in [-0.2, -0.15) is 0 Å². The van der Waals surface area contributed by atoms with Crippen LogP contribution in [0.1, 0.15) is 27.7 Å². The van der Waals surface area contributed by atoms with Gasteiger partial charge in [-0.25, -0.2) is 4.79 Å². The van der Waals surface area contributed by atoms with Crippen LogP contribution in [0.2, 0.25) is 0 Å². The molecule has 0 heterocycles. The predicted molar refractivity (Wildman–Crippen MR) is 54.0 cm³/mol. The van der Waals surface area contributed by atoms with Crippen LogP contribution in [0.4, 0.5) is 4.79 Å². The van der Waals surface area contributed by atoms with Gasteiger partial charge in [0.2, 0.25) is 0 Å². The monoisotopic (exact) mass is 199 g/mol. The van der Waals surface area contributed by atoms with Crippen LogP contribution in [-0.2, 0) is 9.53 Å². The molecule has 0 saturated carbocycles. The van der Waals surface area contributed by atoms with Crippen LogP contribution in [0.15, 0.2) is 12.2 Å². The Hall–Kier alpha value is -1.32. The van der Waals surface area contributed by atoms with Crippen molar-refractivity contribution >= 4 is 12.4 Å². The van der Waals surface area contributed by atoms with Gasteiger partial charge in [0.1, 0.15) is 11.9 Å². The first-order valence-electron chi connectivity index (χ1n) is 4.46. The fourth-order valence-electron chi connectivity index (χ4n) is 0.754. The molecule has 0 bridgehead atoms. The smallest absolute Gasteiger partial charge is 0.408 e. The number of ether oxygens (including phenoxy) is 1. The summed E-state index contributed by atoms with van der Waals surface area (Å²) in [5.41, 5.74) is -0.502. The lowest BCUT2D eigenvalue weighted by Crippen LogP contribution is -2.36. The zero-order chi connectivity index (χ0) is 11.2. The second kappa shape index (κ2) is 5.42. The van der Waals surface area contributed by atoms with Crippen LogP contribution < -0.4 is 5.32 Å². The Morgan fingerprint density at radius 3 is 2.43 bits per heavy atom. The standard InChI is InChI=1S/C10H17NO3/c1-8(6-5-7-12)11-9(13)14-10(2,3)4/h5-8H,1-4H3,(H,11,13)/b6-5+. The first-order valence-corrected chi connectivity index (χ1v) is 4.46. The largest absolute Gasteiger partial charge is 0.444 e. The lowest BCUT2D eigenvalue weighted by Gasteiger charge is -2.20. The summed E-state index contributed by atoms with van der Waals surface area (Å²) in [5.74, 6) is 0. The molecule has 0 saturated heterocycles. The molecule has 0 aromatic rings. The van der Waals surface area contributed by atoms with Crippen LogP contribution in [0.5, 0.6) is 0 Å². The molecule has 4 heteroatoms. The van der Waals surface area contributed by atoms with Gasteiger partial charge in [0.05, 0.1) is 0 Å². The first kappa shape index (κ1) is 12.7. The Labute approximate surface area is 84.3 Å². The van der Waals surface area contributed by atoms with E-state index < -0.39 is 11.7 Å². The van der Waals surface area contributed by atoms with E-state index in [-0.39, 0.29) is 6.04 Å². The molecule has 1 amide bonds. The molecule has 4 nitrogen and oxygen atoms in total. The predicted octanol–water partition coefficient (Wildman–Crippen LogP) is 1.65. The summed E-state index contributed by atoms with van der Waals surface area (Å²) < 4.78 is 5.02. The minimum absolute atomic E-state index is 0.213. The minimum atomic E-state index is -0.502. The van der Waals surface area contributed by atoms with Crippen molar-refractivity contribution < 1.29 is 14.3 Å². The van der Waals surface area contributed by atoms with E-state index in [1.807, 2.05) is 0 Å². The number of carbonyl (C=O) groups is 2. The van der Waals surface area contributed by atoms with Crippen LogP contribution in [0.25, 0.3) is 0 Å².